The number of rotatable bonds is 6. The average Bonchev–Trinajstić information content (AvgIpc) is 3.08. The van der Waals surface area contributed by atoms with Gasteiger partial charge in [0.05, 0.1) is 10.6 Å². The lowest BCUT2D eigenvalue weighted by molar-refractivity contribution is 0.592. The van der Waals surface area contributed by atoms with Gasteiger partial charge in [0.25, 0.3) is 0 Å². The second-order valence-corrected chi connectivity index (χ2v) is 5.90. The molecule has 1 fully saturated rings. The zero-order valence-electron chi connectivity index (χ0n) is 9.82. The van der Waals surface area contributed by atoms with Crippen LogP contribution in [0.1, 0.15) is 12.8 Å². The Bertz CT molecular complexity index is 529. The van der Waals surface area contributed by atoms with Gasteiger partial charge in [0.15, 0.2) is 0 Å². The zero-order valence-corrected chi connectivity index (χ0v) is 10.6. The molecule has 18 heavy (non-hydrogen) atoms. The molecule has 0 radical (unpaired) electrons. The largest absolute Gasteiger partial charge is 0.381 e. The van der Waals surface area contributed by atoms with Crippen LogP contribution >= 0.6 is 0 Å². The quantitative estimate of drug-likeness (QED) is 0.664. The summed E-state index contributed by atoms with van der Waals surface area (Å²) in [5, 5.41) is 11.1. The van der Waals surface area contributed by atoms with Crippen molar-refractivity contribution in [3.63, 3.8) is 0 Å². The molecular weight excluding hydrogens is 257 g/mol. The minimum absolute atomic E-state index is 0.221. The van der Waals surface area contributed by atoms with Crippen LogP contribution in [0.25, 0.3) is 0 Å². The van der Waals surface area contributed by atoms with Crippen molar-refractivity contribution in [2.24, 2.45) is 5.14 Å². The van der Waals surface area contributed by atoms with Crippen LogP contribution in [0.4, 0.5) is 10.1 Å². The molecule has 1 aromatic carbocycles. The van der Waals surface area contributed by atoms with Crippen molar-refractivity contribution < 1.29 is 12.8 Å². The summed E-state index contributed by atoms with van der Waals surface area (Å²) in [6, 6.07) is 4.20. The lowest BCUT2D eigenvalue weighted by Crippen LogP contribution is -2.24. The van der Waals surface area contributed by atoms with Crippen LogP contribution < -0.4 is 15.8 Å². The van der Waals surface area contributed by atoms with Crippen LogP contribution in [-0.4, -0.2) is 27.5 Å². The Morgan fingerprint density at radius 3 is 2.61 bits per heavy atom. The van der Waals surface area contributed by atoms with Crippen molar-refractivity contribution in [1.29, 1.82) is 0 Å². The summed E-state index contributed by atoms with van der Waals surface area (Å²) in [7, 11) is -3.85. The first-order valence-corrected chi connectivity index (χ1v) is 7.31. The van der Waals surface area contributed by atoms with Gasteiger partial charge in [-0.3, -0.25) is 0 Å². The molecule has 1 aromatic rings. The van der Waals surface area contributed by atoms with E-state index < -0.39 is 15.8 Å². The van der Waals surface area contributed by atoms with Crippen LogP contribution in [-0.2, 0) is 10.0 Å². The molecule has 0 heterocycles. The molecule has 4 N–H and O–H groups in total. The molecule has 5 nitrogen and oxygen atoms in total. The molecule has 2 rings (SSSR count). The number of halogens is 1. The third kappa shape index (κ3) is 3.66. The molecule has 0 atom stereocenters. The van der Waals surface area contributed by atoms with E-state index in [2.05, 4.69) is 10.6 Å². The number of anilines is 1. The second kappa shape index (κ2) is 5.21. The number of primary sulfonamides is 1. The number of hydrogen-bond acceptors (Lipinski definition) is 4. The number of benzene rings is 1. The summed E-state index contributed by atoms with van der Waals surface area (Å²) >= 11 is 0. The summed E-state index contributed by atoms with van der Waals surface area (Å²) in [5.74, 6) is -0.618. The van der Waals surface area contributed by atoms with Crippen LogP contribution in [0.5, 0.6) is 0 Å². The van der Waals surface area contributed by atoms with Gasteiger partial charge in [0, 0.05) is 19.1 Å². The number of sulfonamides is 1. The molecule has 1 aliphatic carbocycles. The highest BCUT2D eigenvalue weighted by Gasteiger charge is 2.19. The Labute approximate surface area is 106 Å². The molecule has 0 amide bonds. The van der Waals surface area contributed by atoms with E-state index in [4.69, 9.17) is 5.14 Å². The normalized spacial score (nSPS) is 15.7. The molecule has 0 bridgehead atoms. The molecular formula is C11H16FN3O2S. The lowest BCUT2D eigenvalue weighted by Gasteiger charge is -2.09. The van der Waals surface area contributed by atoms with Crippen molar-refractivity contribution in [3.05, 3.63) is 24.0 Å². The lowest BCUT2D eigenvalue weighted by atomic mass is 10.3. The predicted molar refractivity (Wildman–Crippen MR) is 67.3 cm³/mol. The third-order valence-electron chi connectivity index (χ3n) is 2.72. The average molecular weight is 273 g/mol. The Morgan fingerprint density at radius 1 is 1.33 bits per heavy atom. The minimum Gasteiger partial charge on any atom is -0.381 e. The number of nitrogens with one attached hydrogen (secondary N) is 2. The molecule has 0 unspecified atom stereocenters. The van der Waals surface area contributed by atoms with Gasteiger partial charge in [0.1, 0.15) is 5.82 Å². The summed E-state index contributed by atoms with van der Waals surface area (Å²) < 4.78 is 35.6. The van der Waals surface area contributed by atoms with E-state index in [0.29, 0.717) is 12.6 Å². The number of nitrogens with two attached hydrogens (primary N) is 1. The maximum Gasteiger partial charge on any atom is 0.238 e. The van der Waals surface area contributed by atoms with Crippen molar-refractivity contribution in [2.45, 2.75) is 23.8 Å². The Balaban J connectivity index is 1.92. The summed E-state index contributed by atoms with van der Waals surface area (Å²) in [4.78, 5) is -0.221. The van der Waals surface area contributed by atoms with E-state index in [9.17, 15) is 12.8 Å². The highest BCUT2D eigenvalue weighted by atomic mass is 32.2. The van der Waals surface area contributed by atoms with Crippen molar-refractivity contribution in [3.8, 4) is 0 Å². The van der Waals surface area contributed by atoms with Crippen LogP contribution in [0.2, 0.25) is 0 Å². The first-order valence-electron chi connectivity index (χ1n) is 5.76. The van der Waals surface area contributed by atoms with E-state index in [-0.39, 0.29) is 10.6 Å². The molecule has 1 aliphatic rings. The first-order chi connectivity index (χ1) is 8.47. The highest BCUT2D eigenvalue weighted by molar-refractivity contribution is 7.89. The molecule has 0 saturated heterocycles. The topological polar surface area (TPSA) is 84.2 Å². The third-order valence-corrected chi connectivity index (χ3v) is 3.63. The van der Waals surface area contributed by atoms with Gasteiger partial charge in [-0.2, -0.15) is 0 Å². The summed E-state index contributed by atoms with van der Waals surface area (Å²) in [5.41, 5.74) is 0.278. The molecule has 1 saturated carbocycles. The number of hydrogen-bond donors (Lipinski definition) is 3. The van der Waals surface area contributed by atoms with Gasteiger partial charge < -0.3 is 10.6 Å². The van der Waals surface area contributed by atoms with Crippen LogP contribution in [0, 0.1) is 5.82 Å². The Morgan fingerprint density at radius 2 is 2.06 bits per heavy atom. The minimum atomic E-state index is -3.85. The van der Waals surface area contributed by atoms with Gasteiger partial charge in [-0.1, -0.05) is 0 Å². The predicted octanol–water partition coefficient (Wildman–Crippen LogP) is 0.637. The van der Waals surface area contributed by atoms with E-state index in [1.165, 1.54) is 25.0 Å². The van der Waals surface area contributed by atoms with E-state index >= 15 is 0 Å². The first kappa shape index (κ1) is 13.3. The smallest absolute Gasteiger partial charge is 0.238 e. The summed E-state index contributed by atoms with van der Waals surface area (Å²) in [6.45, 7) is 1.34. The molecule has 7 heteroatoms. The highest BCUT2D eigenvalue weighted by Crippen LogP contribution is 2.19. The van der Waals surface area contributed by atoms with Gasteiger partial charge in [-0.25, -0.2) is 17.9 Å². The second-order valence-electron chi connectivity index (χ2n) is 4.34. The fourth-order valence-corrected chi connectivity index (χ4v) is 2.10. The molecule has 0 aliphatic heterocycles. The Kier molecular flexibility index (Phi) is 3.84. The van der Waals surface area contributed by atoms with Crippen molar-refractivity contribution >= 4 is 15.7 Å². The van der Waals surface area contributed by atoms with E-state index in [1.54, 1.807) is 0 Å². The van der Waals surface area contributed by atoms with Gasteiger partial charge >= 0.3 is 0 Å². The van der Waals surface area contributed by atoms with Crippen molar-refractivity contribution in [1.82, 2.24) is 5.32 Å². The monoisotopic (exact) mass is 273 g/mol. The fourth-order valence-electron chi connectivity index (χ4n) is 1.58. The fraction of sp³-hybridized carbons (Fsp3) is 0.455. The van der Waals surface area contributed by atoms with Crippen LogP contribution in [0.3, 0.4) is 0 Å². The molecule has 0 aromatic heterocycles. The van der Waals surface area contributed by atoms with Crippen LogP contribution in [0.15, 0.2) is 23.1 Å². The van der Waals surface area contributed by atoms with E-state index in [0.717, 1.165) is 12.6 Å². The van der Waals surface area contributed by atoms with Gasteiger partial charge in [-0.05, 0) is 31.0 Å². The standard InChI is InChI=1S/C11H16FN3O2S/c12-10-7-9(18(13,16)17)3-4-11(10)15-6-5-14-8-1-2-8/h3-4,7-8,14-15H,1-2,5-6H2,(H2,13,16,17). The Hall–Kier alpha value is -1.18. The van der Waals surface area contributed by atoms with Gasteiger partial charge in [-0.15, -0.1) is 0 Å². The molecule has 0 spiro atoms. The summed E-state index contributed by atoms with van der Waals surface area (Å²) in [6.07, 6.45) is 2.41. The molecule has 100 valence electrons. The zero-order chi connectivity index (χ0) is 13.2. The van der Waals surface area contributed by atoms with E-state index in [1.807, 2.05) is 0 Å². The van der Waals surface area contributed by atoms with Crippen molar-refractivity contribution in [2.75, 3.05) is 18.4 Å². The SMILES string of the molecule is NS(=O)(=O)c1ccc(NCCNC2CC2)c(F)c1. The maximum absolute atomic E-state index is 13.6. The van der Waals surface area contributed by atoms with Gasteiger partial charge in [0.2, 0.25) is 10.0 Å². The maximum atomic E-state index is 13.6.